The van der Waals surface area contributed by atoms with Crippen molar-refractivity contribution in [2.24, 2.45) is 0 Å². The van der Waals surface area contributed by atoms with Crippen LogP contribution in [-0.4, -0.2) is 16.8 Å². The van der Waals surface area contributed by atoms with E-state index in [0.717, 1.165) is 0 Å². The maximum Gasteiger partial charge on any atom is 0.312 e. The third-order valence-electron chi connectivity index (χ3n) is 5.19. The van der Waals surface area contributed by atoms with E-state index in [9.17, 15) is 16.8 Å². The Labute approximate surface area is 193 Å². The molecule has 164 valence electrons. The van der Waals surface area contributed by atoms with E-state index in [1.165, 1.54) is 0 Å². The third kappa shape index (κ3) is 4.22. The fourth-order valence-electron chi connectivity index (χ4n) is 3.85. The predicted octanol–water partition coefficient (Wildman–Crippen LogP) is 4.44. The van der Waals surface area contributed by atoms with Gasteiger partial charge in [0, 0.05) is 23.6 Å². The van der Waals surface area contributed by atoms with Gasteiger partial charge in [0.2, 0.25) is 0 Å². The summed E-state index contributed by atoms with van der Waals surface area (Å²) in [6.45, 7) is 0. The summed E-state index contributed by atoms with van der Waals surface area (Å²) in [4.78, 5) is -0.526. The Bertz CT molecular complexity index is 1560. The topological polar surface area (TPSA) is 77.5 Å². The number of hydrogen-bond donors (Lipinski definition) is 0. The first kappa shape index (κ1) is 22.6. The molecule has 4 aromatic carbocycles. The highest BCUT2D eigenvalue weighted by molar-refractivity contribution is 8.00. The van der Waals surface area contributed by atoms with Gasteiger partial charge in [-0.25, -0.2) is 0 Å². The lowest BCUT2D eigenvalue weighted by molar-refractivity contribution is 0.462. The summed E-state index contributed by atoms with van der Waals surface area (Å²) in [5, 5.41) is 1.86. The smallest absolute Gasteiger partial charge is 0.193 e. The fraction of sp³-hybridized carbons (Fsp3) is 0.0769. The van der Waals surface area contributed by atoms with Gasteiger partial charge in [-0.3, -0.25) is 0 Å². The normalized spacial score (nSPS) is 11.8. The molecule has 0 saturated carbocycles. The highest BCUT2D eigenvalue weighted by Gasteiger charge is 2.32. The molecule has 0 bridgehead atoms. The van der Waals surface area contributed by atoms with Gasteiger partial charge in [-0.05, 0) is 21.9 Å². The summed E-state index contributed by atoms with van der Waals surface area (Å²) in [6.07, 6.45) is 10.8. The Morgan fingerprint density at radius 3 is 1.39 bits per heavy atom. The molecule has 0 amide bonds. The summed E-state index contributed by atoms with van der Waals surface area (Å²) in [7, 11) is -9.56. The summed E-state index contributed by atoms with van der Waals surface area (Å²) in [5.41, 5.74) is 0.543. The molecule has 0 aliphatic carbocycles. The monoisotopic (exact) mass is 474 g/mol. The first-order valence-electron chi connectivity index (χ1n) is 9.88. The Morgan fingerprint density at radius 2 is 1.00 bits per heavy atom. The minimum Gasteiger partial charge on any atom is -0.193 e. The van der Waals surface area contributed by atoms with Gasteiger partial charge in [0.05, 0.1) is 0 Å². The van der Waals surface area contributed by atoms with Crippen LogP contribution in [0.4, 0.5) is 0 Å². The van der Waals surface area contributed by atoms with Crippen LogP contribution in [0.1, 0.15) is 11.1 Å². The van der Waals surface area contributed by atoms with Crippen LogP contribution in [0.5, 0.6) is 0 Å². The molecule has 4 rings (SSSR count). The van der Waals surface area contributed by atoms with Crippen LogP contribution in [0.2, 0.25) is 0 Å². The van der Waals surface area contributed by atoms with Crippen molar-refractivity contribution >= 4 is 41.8 Å². The van der Waals surface area contributed by atoms with Gasteiger partial charge >= 0.3 is 20.2 Å². The first-order valence-corrected chi connectivity index (χ1v) is 12.7. The number of fused-ring (bicyclic) bond motifs is 2. The maximum atomic E-state index is 13.4. The maximum absolute atomic E-state index is 13.4. The summed E-state index contributed by atoms with van der Waals surface area (Å²) >= 11 is 0. The average Bonchev–Trinajstić information content (AvgIpc) is 2.78. The fourth-order valence-corrected chi connectivity index (χ4v) is 7.17. The zero-order valence-corrected chi connectivity index (χ0v) is 19.0. The van der Waals surface area contributed by atoms with Crippen molar-refractivity contribution in [2.75, 3.05) is 0 Å². The number of rotatable bonds is 6. The lowest BCUT2D eigenvalue weighted by atomic mass is 10.1. The first-order chi connectivity index (χ1) is 15.8. The molecular weight excluding hydrogens is 456 g/mol. The third-order valence-corrected chi connectivity index (χ3v) is 8.58. The Kier molecular flexibility index (Phi) is 5.97. The molecule has 5 nitrogen and oxygen atoms in total. The van der Waals surface area contributed by atoms with E-state index < -0.39 is 20.2 Å². The lowest BCUT2D eigenvalue weighted by Crippen LogP contribution is -2.17. The van der Waals surface area contributed by atoms with E-state index in [4.69, 9.17) is 16.5 Å². The molecule has 33 heavy (non-hydrogen) atoms. The predicted molar refractivity (Wildman–Crippen MR) is 128 cm³/mol. The minimum atomic E-state index is -4.78. The zero-order valence-electron chi connectivity index (χ0n) is 17.4. The molecule has 0 atom stereocenters. The van der Waals surface area contributed by atoms with Crippen molar-refractivity contribution in [3.8, 4) is 24.7 Å². The van der Waals surface area contributed by atoms with Crippen LogP contribution in [0.15, 0.2) is 82.6 Å². The van der Waals surface area contributed by atoms with Gasteiger partial charge in [-0.15, -0.1) is 28.3 Å². The van der Waals surface area contributed by atoms with E-state index in [1.807, 2.05) is 0 Å². The molecule has 0 fully saturated rings. The van der Waals surface area contributed by atoms with Crippen LogP contribution < -0.4 is 0 Å². The SMILES string of the molecule is C#CCc1ccc2ccccc2c1S(=O)(=O)OS(=O)(=O)c1c(CC#C)ccc2ccccc12. The van der Waals surface area contributed by atoms with E-state index in [-0.39, 0.29) is 33.8 Å². The second-order valence-electron chi connectivity index (χ2n) is 7.29. The molecule has 7 heteroatoms. The molecule has 0 radical (unpaired) electrons. The molecule has 0 unspecified atom stereocenters. The second-order valence-corrected chi connectivity index (χ2v) is 10.5. The molecule has 4 aromatic rings. The van der Waals surface area contributed by atoms with E-state index in [0.29, 0.717) is 21.5 Å². The molecule has 0 N–H and O–H groups in total. The molecule has 0 heterocycles. The highest BCUT2D eigenvalue weighted by Crippen LogP contribution is 2.34. The van der Waals surface area contributed by atoms with Crippen molar-refractivity contribution in [2.45, 2.75) is 22.6 Å². The van der Waals surface area contributed by atoms with Crippen LogP contribution in [0.3, 0.4) is 0 Å². The van der Waals surface area contributed by atoms with Crippen molar-refractivity contribution in [3.63, 3.8) is 0 Å². The minimum absolute atomic E-state index is 0.0145. The van der Waals surface area contributed by atoms with Gasteiger partial charge in [-0.2, -0.15) is 16.8 Å². The summed E-state index contributed by atoms with van der Waals surface area (Å²) < 4.78 is 58.7. The Morgan fingerprint density at radius 1 is 0.606 bits per heavy atom. The van der Waals surface area contributed by atoms with E-state index >= 15 is 0 Å². The Balaban J connectivity index is 1.94. The van der Waals surface area contributed by atoms with Crippen molar-refractivity contribution in [1.29, 1.82) is 0 Å². The van der Waals surface area contributed by atoms with E-state index in [1.54, 1.807) is 72.8 Å². The number of terminal acetylenes is 2. The van der Waals surface area contributed by atoms with Gasteiger partial charge in [0.25, 0.3) is 0 Å². The van der Waals surface area contributed by atoms with Crippen LogP contribution in [-0.2, 0) is 36.7 Å². The molecular formula is C26H18O5S2. The quantitative estimate of drug-likeness (QED) is 0.386. The summed E-state index contributed by atoms with van der Waals surface area (Å²) in [5.74, 6) is 4.83. The molecule has 0 aliphatic heterocycles. The molecule has 0 spiro atoms. The van der Waals surface area contributed by atoms with Gasteiger partial charge in [0.15, 0.2) is 0 Å². The van der Waals surface area contributed by atoms with Crippen molar-refractivity contribution in [3.05, 3.63) is 83.9 Å². The van der Waals surface area contributed by atoms with E-state index in [2.05, 4.69) is 11.8 Å². The highest BCUT2D eigenvalue weighted by atomic mass is 32.3. The summed E-state index contributed by atoms with van der Waals surface area (Å²) in [6, 6.07) is 20.0. The second kappa shape index (κ2) is 8.73. The average molecular weight is 475 g/mol. The van der Waals surface area contributed by atoms with Gasteiger partial charge < -0.3 is 0 Å². The number of benzene rings is 4. The van der Waals surface area contributed by atoms with Crippen LogP contribution in [0.25, 0.3) is 21.5 Å². The number of hydrogen-bond acceptors (Lipinski definition) is 5. The largest absolute Gasteiger partial charge is 0.312 e. The van der Waals surface area contributed by atoms with Gasteiger partial charge in [0.1, 0.15) is 9.79 Å². The lowest BCUT2D eigenvalue weighted by Gasteiger charge is -2.15. The molecule has 0 aliphatic rings. The van der Waals surface area contributed by atoms with Crippen molar-refractivity contribution < 1.29 is 20.5 Å². The zero-order chi connectivity index (χ0) is 23.6. The van der Waals surface area contributed by atoms with Crippen molar-refractivity contribution in [1.82, 2.24) is 0 Å². The standard InChI is InChI=1S/C26H18O5S2/c1-3-9-21-17-15-19-11-5-7-13-23(19)25(21)32(27,28)31-33(29,30)26-22(10-4-2)18-16-20-12-6-8-14-24(20)26/h1-2,5-8,11-18H,9-10H2. The molecule has 0 saturated heterocycles. The van der Waals surface area contributed by atoms with Crippen LogP contribution >= 0.6 is 0 Å². The molecule has 0 aromatic heterocycles. The Hall–Kier alpha value is -3.62. The van der Waals surface area contributed by atoms with Crippen LogP contribution in [0, 0.1) is 24.7 Å². The van der Waals surface area contributed by atoms with Gasteiger partial charge in [-0.1, -0.05) is 72.8 Å².